The Kier molecular flexibility index (Phi) is 1730000. The van der Waals surface area contributed by atoms with Crippen LogP contribution in [-0.4, -0.2) is 56.8 Å². The molecule has 0 aromatic rings. The van der Waals surface area contributed by atoms with Gasteiger partial charge in [-0.25, -0.2) is 0 Å². The summed E-state index contributed by atoms with van der Waals surface area (Å²) in [5, 5.41) is 0. The highest BCUT2D eigenvalue weighted by Crippen LogP contribution is 0.793. The van der Waals surface area contributed by atoms with Gasteiger partial charge in [0.1, 0.15) is 0 Å². The molecule has 0 amide bonds. The first-order valence-electron chi connectivity index (χ1n) is 1.22. The minimum Gasteiger partial charge on any atom is -0.412 e. The third kappa shape index (κ3) is 2960. The fourth-order valence-corrected chi connectivity index (χ4v) is 0. The van der Waals surface area contributed by atoms with Crippen molar-refractivity contribution in [1.82, 2.24) is 24.6 Å². The van der Waals surface area contributed by atoms with E-state index in [1.807, 2.05) is 0 Å². The normalized spacial score (nSPS) is 0.800. The van der Waals surface area contributed by atoms with E-state index in [-0.39, 0.29) is 160 Å². The second-order valence-corrected chi connectivity index (χ2v) is 0.250. The van der Waals surface area contributed by atoms with E-state index >= 15 is 0 Å². The van der Waals surface area contributed by atoms with Crippen molar-refractivity contribution in [3.05, 3.63) is 0 Å². The molecule has 0 heterocycles. The van der Waals surface area contributed by atoms with Crippen molar-refractivity contribution in [2.75, 3.05) is 0 Å². The van der Waals surface area contributed by atoms with E-state index in [9.17, 15) is 0 Å². The summed E-state index contributed by atoms with van der Waals surface area (Å²) in [6, 6.07) is 0. The highest BCUT2D eigenvalue weighted by molar-refractivity contribution is 5.20. The standard InChI is InChI=1S/3CO2.10CH4.4H3N.7H2O.3H2/c3*2-1-3;;;;;;;;;;;;;;;;;;;;;;;;/h;;;10*1H4;4*1H3;7*1H2;3*1H/i;;;;;;;;;;;;;;;;;;;;;;;;3*1+1. The third-order valence-corrected chi connectivity index (χ3v) is 0. The number of rotatable bonds is 0. The molecule has 0 atom stereocenters. The van der Waals surface area contributed by atoms with Crippen LogP contribution in [0.5, 0.6) is 0 Å². The van der Waals surface area contributed by atoms with Crippen LogP contribution in [0.4, 0.5) is 0 Å². The van der Waals surface area contributed by atoms with E-state index in [1.165, 1.54) is 0 Å². The zero-order valence-electron chi connectivity index (χ0n) is 10.3. The molecule has 26 N–H and O–H groups in total. The van der Waals surface area contributed by atoms with Crippen LogP contribution in [0.15, 0.2) is 0 Å². The van der Waals surface area contributed by atoms with Gasteiger partial charge in [-0.2, -0.15) is 28.8 Å². The van der Waals surface area contributed by atoms with Gasteiger partial charge >= 0.3 is 18.5 Å². The molecule has 0 fully saturated rings. The van der Waals surface area contributed by atoms with Gasteiger partial charge in [0.2, 0.25) is 0 Å². The van der Waals surface area contributed by atoms with Crippen LogP contribution < -0.4 is 24.6 Å². The minimum atomic E-state index is 0. The lowest BCUT2D eigenvalue weighted by Crippen LogP contribution is -1.22. The summed E-state index contributed by atoms with van der Waals surface area (Å²) in [5.74, 6) is 0. The van der Waals surface area contributed by atoms with Crippen molar-refractivity contribution < 1.29 is 71.4 Å². The average Bonchev–Trinajstić information content (AvgIpc) is 1.70. The summed E-state index contributed by atoms with van der Waals surface area (Å²) in [5.41, 5.74) is 0. The first-order valence-corrected chi connectivity index (χ1v) is 1.22. The molecule has 17 nitrogen and oxygen atoms in total. The first-order chi connectivity index (χ1) is 4.24. The van der Waals surface area contributed by atoms with Crippen LogP contribution in [0.2, 0.25) is 0 Å². The lowest BCUT2D eigenvalue weighted by molar-refractivity contribution is -0.193. The molecule has 0 saturated carbocycles. The largest absolute Gasteiger partial charge is 0.412 e. The van der Waals surface area contributed by atoms with E-state index in [0.29, 0.717) is 0 Å². The zero-order chi connectivity index (χ0) is 8.12. The summed E-state index contributed by atoms with van der Waals surface area (Å²) in [6.07, 6.45) is 0.750. The number of hydrogen-bond donors (Lipinski definition) is 4. The summed E-state index contributed by atoms with van der Waals surface area (Å²) >= 11 is 0. The van der Waals surface area contributed by atoms with E-state index in [1.54, 1.807) is 0 Å². The Bertz CT molecular complexity index is 149. The van der Waals surface area contributed by atoms with Crippen molar-refractivity contribution in [2.24, 2.45) is 0 Å². The van der Waals surface area contributed by atoms with Gasteiger partial charge < -0.3 is 62.9 Å². The van der Waals surface area contributed by atoms with E-state index in [0.717, 1.165) is 0 Å². The van der Waals surface area contributed by atoms with Crippen molar-refractivity contribution in [3.63, 3.8) is 0 Å². The molecule has 0 aromatic heterocycles. The van der Waals surface area contributed by atoms with Crippen LogP contribution in [0.25, 0.3) is 0 Å². The predicted molar refractivity (Wildman–Crippen MR) is 134 cm³/mol. The summed E-state index contributed by atoms with van der Waals surface area (Å²) < 4.78 is 0. The Hall–Kier alpha value is -2.30. The molecule has 0 aliphatic rings. The minimum absolute atomic E-state index is 0. The number of hydrogen-bond acceptors (Lipinski definition) is 10. The number of carbonyl (C=O) groups excluding carboxylic acids is 6. The summed E-state index contributed by atoms with van der Waals surface area (Å²) in [4.78, 5) is 48.8. The molecule has 0 rings (SSSR count). The van der Waals surface area contributed by atoms with Gasteiger partial charge in [-0.3, -0.25) is 0 Å². The average molecular weight is 496 g/mol. The van der Waals surface area contributed by atoms with Crippen LogP contribution >= 0.6 is 0 Å². The Labute approximate surface area is 190 Å². The maximum Gasteiger partial charge on any atom is 0.373 e. The van der Waals surface area contributed by atoms with Crippen LogP contribution in [0.1, 0.15) is 78.5 Å². The molecule has 17 heteroatoms. The maximum atomic E-state index is 8.12. The fraction of sp³-hybridized carbons (Fsp3) is 0.769. The SMILES string of the molecule is C.C.C.C.C.C.C.C.C.C.N.N.N.N.O.O.O.O.O.O.O.O=C=O.O=C=O.O=C=O.[2HH].[2HH].[2HH]. The van der Waals surface area contributed by atoms with Crippen molar-refractivity contribution in [2.45, 2.75) is 74.3 Å². The summed E-state index contributed by atoms with van der Waals surface area (Å²) in [6.45, 7) is 0. The second-order valence-electron chi connectivity index (χ2n) is 0.250. The Morgan fingerprint density at radius 3 is 0.267 bits per heavy atom. The third-order valence-electron chi connectivity index (χ3n) is 0. The Morgan fingerprint density at radius 2 is 0.267 bits per heavy atom. The van der Waals surface area contributed by atoms with Gasteiger partial charge in [0.15, 0.2) is 0 Å². The van der Waals surface area contributed by atoms with Gasteiger partial charge in [0, 0.05) is 4.28 Å². The van der Waals surface area contributed by atoms with Crippen LogP contribution in [-0.2, 0) is 28.8 Å². The van der Waals surface area contributed by atoms with Gasteiger partial charge in [0.05, 0.1) is 0 Å². The van der Waals surface area contributed by atoms with Crippen molar-refractivity contribution in [1.29, 1.82) is 0 Å². The Morgan fingerprint density at radius 1 is 0.267 bits per heavy atom. The smallest absolute Gasteiger partial charge is 0.373 e. The quantitative estimate of drug-likeness (QED) is 0.353. The fourth-order valence-electron chi connectivity index (χ4n) is 0. The molecule has 222 valence electrons. The van der Waals surface area contributed by atoms with E-state index in [4.69, 9.17) is 28.8 Å². The Balaban J connectivity index is -0.000000000480. The molecule has 0 unspecified atom stereocenters. The van der Waals surface area contributed by atoms with E-state index in [2.05, 4.69) is 0 Å². The lowest BCUT2D eigenvalue weighted by atomic mass is 11.8. The molecule has 0 saturated heterocycles. The molecular formula is C13H72N4O13. The maximum absolute atomic E-state index is 8.12. The van der Waals surface area contributed by atoms with Gasteiger partial charge in [-0.15, -0.1) is 0 Å². The predicted octanol–water partition coefficient (Wildman–Crippen LogP) is 0.224. The molecule has 30 heavy (non-hydrogen) atoms. The molecular weight excluding hydrogens is 420 g/mol. The molecule has 0 aromatic carbocycles. The summed E-state index contributed by atoms with van der Waals surface area (Å²) in [7, 11) is 0. The monoisotopic (exact) mass is 496 g/mol. The molecule has 0 bridgehead atoms. The second kappa shape index (κ2) is 36000. The topological polar surface area (TPSA) is 463 Å². The lowest BCUT2D eigenvalue weighted by Gasteiger charge is -0.945. The molecule has 0 aliphatic carbocycles. The van der Waals surface area contributed by atoms with Crippen molar-refractivity contribution in [3.8, 4) is 0 Å². The van der Waals surface area contributed by atoms with Crippen molar-refractivity contribution >= 4 is 18.5 Å². The van der Waals surface area contributed by atoms with Gasteiger partial charge in [0.25, 0.3) is 0 Å². The van der Waals surface area contributed by atoms with Crippen LogP contribution in [0.3, 0.4) is 0 Å². The zero-order valence-corrected chi connectivity index (χ0v) is 10.3. The van der Waals surface area contributed by atoms with Gasteiger partial charge in [-0.1, -0.05) is 74.3 Å². The molecule has 0 spiro atoms. The highest BCUT2D eigenvalue weighted by Gasteiger charge is 1.14. The van der Waals surface area contributed by atoms with E-state index < -0.39 is 0 Å². The van der Waals surface area contributed by atoms with Gasteiger partial charge in [-0.05, 0) is 0 Å². The molecule has 0 radical (unpaired) electrons. The van der Waals surface area contributed by atoms with Crippen LogP contribution in [0, 0.1) is 0 Å². The first kappa shape index (κ1) is 1440. The molecule has 0 aliphatic heterocycles. The highest BCUT2D eigenvalue weighted by atomic mass is 16.2.